The van der Waals surface area contributed by atoms with Crippen molar-refractivity contribution < 1.29 is 4.92 Å². The molecule has 0 N–H and O–H groups in total. The summed E-state index contributed by atoms with van der Waals surface area (Å²) in [6.07, 6.45) is 1.67. The maximum atomic E-state index is 10.7. The summed E-state index contributed by atoms with van der Waals surface area (Å²) in [6.45, 7) is 3.49. The number of hydrogen-bond donors (Lipinski definition) is 0. The van der Waals surface area contributed by atoms with Crippen LogP contribution >= 0.6 is 0 Å². The summed E-state index contributed by atoms with van der Waals surface area (Å²) in [5.41, 5.74) is 3.30. The normalized spacial score (nSPS) is 11.0. The predicted molar refractivity (Wildman–Crippen MR) is 94.8 cm³/mol. The van der Waals surface area contributed by atoms with Crippen LogP contribution in [0.4, 0.5) is 5.69 Å². The Balaban J connectivity index is 1.64. The highest BCUT2D eigenvalue weighted by atomic mass is 16.6. The molecule has 0 aliphatic heterocycles. The molecule has 0 amide bonds. The summed E-state index contributed by atoms with van der Waals surface area (Å²) in [6, 6.07) is 14.7. The van der Waals surface area contributed by atoms with Gasteiger partial charge in [0.1, 0.15) is 6.33 Å². The Bertz CT molecular complexity index is 856. The minimum absolute atomic E-state index is 0.0565. The highest BCUT2D eigenvalue weighted by molar-refractivity contribution is 5.56. The Hall–Kier alpha value is -3.06. The number of nitro benzene ring substituents is 1. The van der Waals surface area contributed by atoms with Crippen LogP contribution in [0.5, 0.6) is 0 Å². The smallest absolute Gasteiger partial charge is 0.269 e. The van der Waals surface area contributed by atoms with Gasteiger partial charge in [-0.2, -0.15) is 0 Å². The molecule has 3 aromatic rings. The summed E-state index contributed by atoms with van der Waals surface area (Å²) in [5, 5.41) is 15.2. The van der Waals surface area contributed by atoms with E-state index in [0.29, 0.717) is 12.5 Å². The molecule has 0 radical (unpaired) electrons. The van der Waals surface area contributed by atoms with Crippen molar-refractivity contribution in [3.8, 4) is 11.4 Å². The molecule has 1 heterocycles. The van der Waals surface area contributed by atoms with Gasteiger partial charge >= 0.3 is 0 Å². The Morgan fingerprint density at radius 1 is 1.12 bits per heavy atom. The van der Waals surface area contributed by atoms with Crippen molar-refractivity contribution in [3.05, 3.63) is 76.1 Å². The summed E-state index contributed by atoms with van der Waals surface area (Å²) in [4.78, 5) is 16.7. The van der Waals surface area contributed by atoms with Crippen LogP contribution in [0.2, 0.25) is 0 Å². The molecule has 0 fully saturated rings. The second-order valence-corrected chi connectivity index (χ2v) is 6.05. The number of non-ortho nitro benzene ring substituents is 1. The van der Waals surface area contributed by atoms with Gasteiger partial charge in [0.2, 0.25) is 0 Å². The minimum Gasteiger partial charge on any atom is -0.283 e. The number of nitro groups is 1. The number of benzene rings is 2. The van der Waals surface area contributed by atoms with Gasteiger partial charge in [0.15, 0.2) is 5.82 Å². The first-order chi connectivity index (χ1) is 12.0. The topological polar surface area (TPSA) is 77.1 Å². The molecule has 25 heavy (non-hydrogen) atoms. The molecule has 3 rings (SSSR count). The van der Waals surface area contributed by atoms with E-state index in [1.54, 1.807) is 23.1 Å². The van der Waals surface area contributed by atoms with Crippen molar-refractivity contribution in [2.75, 3.05) is 7.05 Å². The SMILES string of the molecule is Cc1ccc(CN(C)Cn2cnc(-c3ccc([N+](=O)[O-])cc3)n2)cc1. The quantitative estimate of drug-likeness (QED) is 0.510. The summed E-state index contributed by atoms with van der Waals surface area (Å²) < 4.78 is 1.75. The van der Waals surface area contributed by atoms with Crippen molar-refractivity contribution in [1.29, 1.82) is 0 Å². The zero-order chi connectivity index (χ0) is 17.8. The highest BCUT2D eigenvalue weighted by Gasteiger charge is 2.09. The highest BCUT2D eigenvalue weighted by Crippen LogP contribution is 2.19. The third-order valence-electron chi connectivity index (χ3n) is 3.83. The van der Waals surface area contributed by atoms with E-state index in [-0.39, 0.29) is 5.69 Å². The molecule has 7 nitrogen and oxygen atoms in total. The largest absolute Gasteiger partial charge is 0.283 e. The van der Waals surface area contributed by atoms with Crippen LogP contribution < -0.4 is 0 Å². The molecular formula is C18H19N5O2. The van der Waals surface area contributed by atoms with Crippen LogP contribution in [-0.2, 0) is 13.2 Å². The van der Waals surface area contributed by atoms with Gasteiger partial charge in [-0.1, -0.05) is 29.8 Å². The molecule has 128 valence electrons. The minimum atomic E-state index is -0.421. The number of nitrogens with zero attached hydrogens (tertiary/aromatic N) is 5. The molecule has 0 spiro atoms. The zero-order valence-corrected chi connectivity index (χ0v) is 14.2. The van der Waals surface area contributed by atoms with Crippen LogP contribution in [-0.4, -0.2) is 31.6 Å². The summed E-state index contributed by atoms with van der Waals surface area (Å²) in [5.74, 6) is 0.554. The average Bonchev–Trinajstić information content (AvgIpc) is 3.05. The Morgan fingerprint density at radius 3 is 2.44 bits per heavy atom. The van der Waals surface area contributed by atoms with Gasteiger partial charge in [-0.3, -0.25) is 15.0 Å². The third-order valence-corrected chi connectivity index (χ3v) is 3.83. The number of hydrogen-bond acceptors (Lipinski definition) is 5. The lowest BCUT2D eigenvalue weighted by atomic mass is 10.1. The first-order valence-electron chi connectivity index (χ1n) is 7.89. The second-order valence-electron chi connectivity index (χ2n) is 6.05. The fraction of sp³-hybridized carbons (Fsp3) is 0.222. The lowest BCUT2D eigenvalue weighted by Gasteiger charge is -2.16. The third kappa shape index (κ3) is 4.27. The van der Waals surface area contributed by atoms with E-state index in [0.717, 1.165) is 12.1 Å². The van der Waals surface area contributed by atoms with Gasteiger partial charge in [0, 0.05) is 24.2 Å². The molecule has 1 aromatic heterocycles. The van der Waals surface area contributed by atoms with Crippen molar-refractivity contribution in [3.63, 3.8) is 0 Å². The van der Waals surface area contributed by atoms with E-state index < -0.39 is 4.92 Å². The molecular weight excluding hydrogens is 318 g/mol. The van der Waals surface area contributed by atoms with Crippen LogP contribution in [0.25, 0.3) is 11.4 Å². The van der Waals surface area contributed by atoms with Crippen molar-refractivity contribution in [1.82, 2.24) is 19.7 Å². The summed E-state index contributed by atoms with van der Waals surface area (Å²) >= 11 is 0. The van der Waals surface area contributed by atoms with Gasteiger partial charge in [0.25, 0.3) is 5.69 Å². The molecule has 0 aliphatic rings. The van der Waals surface area contributed by atoms with Crippen LogP contribution in [0.3, 0.4) is 0 Å². The molecule has 0 bridgehead atoms. The molecule has 7 heteroatoms. The van der Waals surface area contributed by atoms with Crippen LogP contribution in [0, 0.1) is 17.0 Å². The monoisotopic (exact) mass is 337 g/mol. The average molecular weight is 337 g/mol. The van der Waals surface area contributed by atoms with Crippen molar-refractivity contribution >= 4 is 5.69 Å². The maximum Gasteiger partial charge on any atom is 0.269 e. The Kier molecular flexibility index (Phi) is 4.85. The van der Waals surface area contributed by atoms with Gasteiger partial charge in [-0.15, -0.1) is 5.10 Å². The van der Waals surface area contributed by atoms with Crippen LogP contribution in [0.15, 0.2) is 54.9 Å². The van der Waals surface area contributed by atoms with E-state index in [9.17, 15) is 10.1 Å². The van der Waals surface area contributed by atoms with Crippen molar-refractivity contribution in [2.24, 2.45) is 0 Å². The molecule has 0 atom stereocenters. The lowest BCUT2D eigenvalue weighted by molar-refractivity contribution is -0.384. The number of rotatable bonds is 6. The number of aromatic nitrogens is 3. The zero-order valence-electron chi connectivity index (χ0n) is 14.2. The molecule has 0 saturated heterocycles. The maximum absolute atomic E-state index is 10.7. The first-order valence-corrected chi connectivity index (χ1v) is 7.89. The van der Waals surface area contributed by atoms with E-state index in [4.69, 9.17) is 0 Å². The molecule has 0 aliphatic carbocycles. The fourth-order valence-corrected chi connectivity index (χ4v) is 2.53. The molecule has 0 saturated carbocycles. The van der Waals surface area contributed by atoms with E-state index >= 15 is 0 Å². The van der Waals surface area contributed by atoms with Crippen molar-refractivity contribution in [2.45, 2.75) is 20.1 Å². The standard InChI is InChI=1S/C18H19N5O2/c1-14-3-5-15(6-4-14)11-21(2)13-22-12-19-18(20-22)16-7-9-17(10-8-16)23(24)25/h3-10,12H,11,13H2,1-2H3. The fourth-order valence-electron chi connectivity index (χ4n) is 2.53. The van der Waals surface area contributed by atoms with Gasteiger partial charge < -0.3 is 0 Å². The van der Waals surface area contributed by atoms with E-state index in [2.05, 4.69) is 46.2 Å². The van der Waals surface area contributed by atoms with Gasteiger partial charge in [0.05, 0.1) is 11.6 Å². The molecule has 0 unspecified atom stereocenters. The first kappa shape index (κ1) is 16.8. The summed E-state index contributed by atoms with van der Waals surface area (Å²) in [7, 11) is 2.02. The predicted octanol–water partition coefficient (Wildman–Crippen LogP) is 3.25. The second kappa shape index (κ2) is 7.23. The lowest BCUT2D eigenvalue weighted by Crippen LogP contribution is -2.21. The number of aryl methyl sites for hydroxylation is 1. The van der Waals surface area contributed by atoms with Gasteiger partial charge in [-0.05, 0) is 31.7 Å². The van der Waals surface area contributed by atoms with E-state index in [1.165, 1.54) is 23.3 Å². The Morgan fingerprint density at radius 2 is 1.80 bits per heavy atom. The van der Waals surface area contributed by atoms with Gasteiger partial charge in [-0.25, -0.2) is 9.67 Å². The molecule has 2 aromatic carbocycles. The van der Waals surface area contributed by atoms with E-state index in [1.807, 2.05) is 7.05 Å². The van der Waals surface area contributed by atoms with Crippen LogP contribution in [0.1, 0.15) is 11.1 Å². The Labute approximate surface area is 145 Å².